The maximum absolute atomic E-state index is 13.5. The topological polar surface area (TPSA) is 49.4 Å². The van der Waals surface area contributed by atoms with Crippen LogP contribution in [-0.2, 0) is 9.59 Å². The van der Waals surface area contributed by atoms with Crippen LogP contribution in [0.25, 0.3) is 0 Å². The Morgan fingerprint density at radius 3 is 2.45 bits per heavy atom. The van der Waals surface area contributed by atoms with Gasteiger partial charge in [-0.1, -0.05) is 48.4 Å². The van der Waals surface area contributed by atoms with Crippen LogP contribution in [0.15, 0.2) is 35.9 Å². The Morgan fingerprint density at radius 2 is 1.84 bits per heavy atom. The van der Waals surface area contributed by atoms with E-state index in [9.17, 15) is 9.59 Å². The third-order valence-electron chi connectivity index (χ3n) is 6.81. The van der Waals surface area contributed by atoms with Crippen molar-refractivity contribution in [2.75, 3.05) is 12.4 Å². The van der Waals surface area contributed by atoms with E-state index < -0.39 is 6.04 Å². The highest BCUT2D eigenvalue weighted by Crippen LogP contribution is 2.28. The third-order valence-corrected chi connectivity index (χ3v) is 7.04. The SMILES string of the molecule is Cc1ccc(C(C(=O)NC2CCC(C)CC2)N(CCC2=CCCCC2)C(=O)CCl)cc1. The number of rotatable bonds is 8. The Hall–Kier alpha value is -1.81. The van der Waals surface area contributed by atoms with Gasteiger partial charge >= 0.3 is 0 Å². The molecule has 0 radical (unpaired) electrons. The van der Waals surface area contributed by atoms with Crippen LogP contribution in [-0.4, -0.2) is 35.2 Å². The molecule has 1 aromatic carbocycles. The smallest absolute Gasteiger partial charge is 0.247 e. The molecule has 170 valence electrons. The van der Waals surface area contributed by atoms with Crippen LogP contribution in [0.3, 0.4) is 0 Å². The second kappa shape index (κ2) is 11.7. The Kier molecular flexibility index (Phi) is 9.01. The number of nitrogens with zero attached hydrogens (tertiary/aromatic N) is 1. The van der Waals surface area contributed by atoms with Crippen molar-refractivity contribution < 1.29 is 9.59 Å². The molecule has 1 atom stereocenters. The predicted molar refractivity (Wildman–Crippen MR) is 127 cm³/mol. The number of carbonyl (C=O) groups excluding carboxylic acids is 2. The summed E-state index contributed by atoms with van der Waals surface area (Å²) in [7, 11) is 0. The normalized spacial score (nSPS) is 22.4. The van der Waals surface area contributed by atoms with Crippen LogP contribution in [0.2, 0.25) is 0 Å². The van der Waals surface area contributed by atoms with E-state index in [0.717, 1.165) is 62.0 Å². The summed E-state index contributed by atoms with van der Waals surface area (Å²) < 4.78 is 0. The number of hydrogen-bond donors (Lipinski definition) is 1. The number of nitrogens with one attached hydrogen (secondary N) is 1. The Balaban J connectivity index is 1.81. The van der Waals surface area contributed by atoms with Gasteiger partial charge in [0.2, 0.25) is 11.8 Å². The van der Waals surface area contributed by atoms with Gasteiger partial charge in [-0.25, -0.2) is 0 Å². The monoisotopic (exact) mass is 444 g/mol. The summed E-state index contributed by atoms with van der Waals surface area (Å²) in [6.07, 6.45) is 12.0. The number of aryl methyl sites for hydroxylation is 1. The average molecular weight is 445 g/mol. The second-order valence-electron chi connectivity index (χ2n) is 9.36. The van der Waals surface area contributed by atoms with E-state index in [-0.39, 0.29) is 23.7 Å². The lowest BCUT2D eigenvalue weighted by atomic mass is 9.87. The summed E-state index contributed by atoms with van der Waals surface area (Å²) in [6.45, 7) is 4.82. The van der Waals surface area contributed by atoms with Crippen molar-refractivity contribution in [2.45, 2.75) is 83.7 Å². The van der Waals surface area contributed by atoms with E-state index >= 15 is 0 Å². The highest BCUT2D eigenvalue weighted by Gasteiger charge is 2.32. The molecule has 4 nitrogen and oxygen atoms in total. The fourth-order valence-corrected chi connectivity index (χ4v) is 4.93. The second-order valence-corrected chi connectivity index (χ2v) is 9.62. The number of allylic oxidation sites excluding steroid dienone is 1. The quantitative estimate of drug-likeness (QED) is 0.413. The number of alkyl halides is 1. The molecule has 5 heteroatoms. The zero-order chi connectivity index (χ0) is 22.2. The van der Waals surface area contributed by atoms with Crippen molar-refractivity contribution in [3.63, 3.8) is 0 Å². The van der Waals surface area contributed by atoms with Crippen LogP contribution >= 0.6 is 11.6 Å². The van der Waals surface area contributed by atoms with Gasteiger partial charge in [-0.15, -0.1) is 11.6 Å². The number of carbonyl (C=O) groups is 2. The zero-order valence-electron chi connectivity index (χ0n) is 19.0. The van der Waals surface area contributed by atoms with Gasteiger partial charge in [0.15, 0.2) is 0 Å². The highest BCUT2D eigenvalue weighted by atomic mass is 35.5. The van der Waals surface area contributed by atoms with Crippen LogP contribution in [0, 0.1) is 12.8 Å². The lowest BCUT2D eigenvalue weighted by molar-refractivity contribution is -0.139. The van der Waals surface area contributed by atoms with Gasteiger partial charge in [-0.05, 0) is 76.2 Å². The van der Waals surface area contributed by atoms with E-state index in [1.54, 1.807) is 4.90 Å². The van der Waals surface area contributed by atoms with Crippen LogP contribution in [0.4, 0.5) is 0 Å². The molecule has 3 rings (SSSR count). The van der Waals surface area contributed by atoms with E-state index in [1.807, 2.05) is 31.2 Å². The molecule has 1 aromatic rings. The minimum atomic E-state index is -0.643. The first-order valence-corrected chi connectivity index (χ1v) is 12.4. The van der Waals surface area contributed by atoms with Gasteiger partial charge in [-0.2, -0.15) is 0 Å². The molecule has 2 amide bonds. The first-order chi connectivity index (χ1) is 15.0. The summed E-state index contributed by atoms with van der Waals surface area (Å²) in [5, 5.41) is 3.26. The lowest BCUT2D eigenvalue weighted by Gasteiger charge is -2.34. The molecule has 2 aliphatic carbocycles. The summed E-state index contributed by atoms with van der Waals surface area (Å²) >= 11 is 6.00. The first-order valence-electron chi connectivity index (χ1n) is 11.9. The van der Waals surface area contributed by atoms with Gasteiger partial charge in [0.05, 0.1) is 0 Å². The fourth-order valence-electron chi connectivity index (χ4n) is 4.78. The number of halogens is 1. The molecule has 1 N–H and O–H groups in total. The molecular formula is C26H37ClN2O2. The van der Waals surface area contributed by atoms with Crippen molar-refractivity contribution in [1.29, 1.82) is 0 Å². The minimum Gasteiger partial charge on any atom is -0.351 e. The molecule has 1 unspecified atom stereocenters. The number of hydrogen-bond acceptors (Lipinski definition) is 2. The molecule has 0 bridgehead atoms. The molecular weight excluding hydrogens is 408 g/mol. The van der Waals surface area contributed by atoms with Gasteiger partial charge in [0, 0.05) is 12.6 Å². The van der Waals surface area contributed by atoms with Crippen LogP contribution in [0.5, 0.6) is 0 Å². The molecule has 0 saturated heterocycles. The van der Waals surface area contributed by atoms with Crippen molar-refractivity contribution in [3.8, 4) is 0 Å². The molecule has 2 aliphatic rings. The minimum absolute atomic E-state index is 0.0838. The molecule has 0 heterocycles. The highest BCUT2D eigenvalue weighted by molar-refractivity contribution is 6.27. The Bertz CT molecular complexity index is 766. The van der Waals surface area contributed by atoms with Crippen molar-refractivity contribution in [2.24, 2.45) is 5.92 Å². The van der Waals surface area contributed by atoms with Crippen molar-refractivity contribution in [3.05, 3.63) is 47.0 Å². The summed E-state index contributed by atoms with van der Waals surface area (Å²) in [5.74, 6) is 0.338. The standard InChI is InChI=1S/C26H37ClN2O2/c1-19-8-12-22(13-9-19)25(26(31)28-23-14-10-20(2)11-15-23)29(24(30)18-27)17-16-21-6-4-3-5-7-21/h6,8-9,12-13,20,23,25H,3-5,7,10-11,14-18H2,1-2H3,(H,28,31). The molecule has 0 aromatic heterocycles. The fraction of sp³-hybridized carbons (Fsp3) is 0.615. The van der Waals surface area contributed by atoms with Gasteiger partial charge in [0.25, 0.3) is 0 Å². The van der Waals surface area contributed by atoms with E-state index in [2.05, 4.69) is 18.3 Å². The van der Waals surface area contributed by atoms with Crippen molar-refractivity contribution >= 4 is 23.4 Å². The van der Waals surface area contributed by atoms with E-state index in [4.69, 9.17) is 11.6 Å². The Morgan fingerprint density at radius 1 is 1.13 bits per heavy atom. The van der Waals surface area contributed by atoms with Crippen molar-refractivity contribution in [1.82, 2.24) is 10.2 Å². The van der Waals surface area contributed by atoms with E-state index in [1.165, 1.54) is 18.4 Å². The molecule has 0 spiro atoms. The summed E-state index contributed by atoms with van der Waals surface area (Å²) in [5.41, 5.74) is 3.37. The number of amides is 2. The largest absolute Gasteiger partial charge is 0.351 e. The van der Waals surface area contributed by atoms with E-state index in [0.29, 0.717) is 6.54 Å². The first kappa shape index (κ1) is 23.8. The van der Waals surface area contributed by atoms with Crippen LogP contribution in [0.1, 0.15) is 81.9 Å². The summed E-state index contributed by atoms with van der Waals surface area (Å²) in [4.78, 5) is 28.1. The van der Waals surface area contributed by atoms with Gasteiger partial charge in [0.1, 0.15) is 11.9 Å². The maximum atomic E-state index is 13.5. The zero-order valence-corrected chi connectivity index (χ0v) is 19.8. The predicted octanol–water partition coefficient (Wildman–Crippen LogP) is 5.69. The Labute approximate surface area is 192 Å². The van der Waals surface area contributed by atoms with Crippen LogP contribution < -0.4 is 5.32 Å². The van der Waals surface area contributed by atoms with Gasteiger partial charge < -0.3 is 10.2 Å². The maximum Gasteiger partial charge on any atom is 0.247 e. The molecule has 1 fully saturated rings. The third kappa shape index (κ3) is 6.83. The number of benzene rings is 1. The molecule has 0 aliphatic heterocycles. The average Bonchev–Trinajstić information content (AvgIpc) is 2.79. The van der Waals surface area contributed by atoms with Gasteiger partial charge in [-0.3, -0.25) is 9.59 Å². The molecule has 31 heavy (non-hydrogen) atoms. The molecule has 1 saturated carbocycles. The summed E-state index contributed by atoms with van der Waals surface area (Å²) in [6, 6.07) is 7.49. The lowest BCUT2D eigenvalue weighted by Crippen LogP contribution is -2.48.